The van der Waals surface area contributed by atoms with Gasteiger partial charge in [-0.3, -0.25) is 9.48 Å². The Balaban J connectivity index is 1.39. The fourth-order valence-electron chi connectivity index (χ4n) is 4.33. The van der Waals surface area contributed by atoms with E-state index in [1.807, 2.05) is 58.3 Å². The molecule has 0 radical (unpaired) electrons. The fraction of sp³-hybridized carbons (Fsp3) is 0.385. The molecular weight excluding hydrogens is 472 g/mol. The molecule has 0 bridgehead atoms. The lowest BCUT2D eigenvalue weighted by Gasteiger charge is -2.19. The Kier molecular flexibility index (Phi) is 6.46. The van der Waals surface area contributed by atoms with E-state index in [1.54, 1.807) is 17.1 Å². The van der Waals surface area contributed by atoms with E-state index in [2.05, 4.69) is 35.9 Å². The van der Waals surface area contributed by atoms with E-state index in [4.69, 9.17) is 4.42 Å². The van der Waals surface area contributed by atoms with E-state index in [-0.39, 0.29) is 17.3 Å². The van der Waals surface area contributed by atoms with Gasteiger partial charge in [0.2, 0.25) is 11.8 Å². The summed E-state index contributed by atoms with van der Waals surface area (Å²) in [5.41, 5.74) is 3.97. The summed E-state index contributed by atoms with van der Waals surface area (Å²) in [6, 6.07) is 7.51. The number of anilines is 2. The Labute approximate surface area is 214 Å². The Hall–Kier alpha value is -4.12. The van der Waals surface area contributed by atoms with Crippen LogP contribution < -0.4 is 10.6 Å². The van der Waals surface area contributed by atoms with Crippen molar-refractivity contribution in [2.24, 2.45) is 7.05 Å². The summed E-state index contributed by atoms with van der Waals surface area (Å²) in [7, 11) is 1.84. The third kappa shape index (κ3) is 5.51. The molecule has 4 aromatic rings. The van der Waals surface area contributed by atoms with Crippen LogP contribution in [-0.2, 0) is 18.9 Å². The molecule has 3 heterocycles. The lowest BCUT2D eigenvalue weighted by Crippen LogP contribution is -2.29. The zero-order valence-corrected chi connectivity index (χ0v) is 21.3. The SMILES string of the molecule is Cn1cc(Nc2nccc(-c3ccc4c(c3)CC(O)CC[C@@H]4NC(=O)c3nnc(C(C)(C)C)o3)n2)cn1. The van der Waals surface area contributed by atoms with Gasteiger partial charge in [-0.1, -0.05) is 32.9 Å². The number of rotatable bonds is 5. The summed E-state index contributed by atoms with van der Waals surface area (Å²) in [4.78, 5) is 21.9. The minimum Gasteiger partial charge on any atom is -0.416 e. The van der Waals surface area contributed by atoms with Gasteiger partial charge in [-0.2, -0.15) is 5.10 Å². The van der Waals surface area contributed by atoms with E-state index in [0.717, 1.165) is 28.1 Å². The molecule has 11 nitrogen and oxygen atoms in total. The van der Waals surface area contributed by atoms with Gasteiger partial charge in [0.15, 0.2) is 0 Å². The number of aromatic nitrogens is 6. The first kappa shape index (κ1) is 24.6. The molecule has 192 valence electrons. The van der Waals surface area contributed by atoms with Crippen molar-refractivity contribution < 1.29 is 14.3 Å². The Morgan fingerprint density at radius 2 is 2.03 bits per heavy atom. The van der Waals surface area contributed by atoms with Crippen LogP contribution in [0, 0.1) is 0 Å². The first-order valence-electron chi connectivity index (χ1n) is 12.2. The Morgan fingerprint density at radius 1 is 1.19 bits per heavy atom. The third-order valence-electron chi connectivity index (χ3n) is 6.24. The number of nitrogens with zero attached hydrogens (tertiary/aromatic N) is 6. The Morgan fingerprint density at radius 3 is 2.76 bits per heavy atom. The minimum absolute atomic E-state index is 0.0671. The normalized spacial score (nSPS) is 17.6. The van der Waals surface area contributed by atoms with Gasteiger partial charge in [0.1, 0.15) is 0 Å². The number of fused-ring (bicyclic) bond motifs is 1. The largest absolute Gasteiger partial charge is 0.416 e. The number of benzene rings is 1. The number of nitrogens with one attached hydrogen (secondary N) is 2. The second-order valence-corrected chi connectivity index (χ2v) is 10.3. The maximum absolute atomic E-state index is 12.9. The van der Waals surface area contributed by atoms with Crippen molar-refractivity contribution >= 4 is 17.5 Å². The number of carbonyl (C=O) groups is 1. The summed E-state index contributed by atoms with van der Waals surface area (Å²) >= 11 is 0. The molecule has 0 aliphatic heterocycles. The van der Waals surface area contributed by atoms with Crippen molar-refractivity contribution in [1.29, 1.82) is 0 Å². The highest BCUT2D eigenvalue weighted by molar-refractivity contribution is 5.89. The smallest absolute Gasteiger partial charge is 0.309 e. The highest BCUT2D eigenvalue weighted by Crippen LogP contribution is 2.32. The van der Waals surface area contributed by atoms with Gasteiger partial charge in [-0.25, -0.2) is 9.97 Å². The second kappa shape index (κ2) is 9.74. The number of hydrogen-bond donors (Lipinski definition) is 3. The van der Waals surface area contributed by atoms with Crippen LogP contribution in [-0.4, -0.2) is 47.1 Å². The van der Waals surface area contributed by atoms with Crippen LogP contribution in [0.15, 0.2) is 47.3 Å². The zero-order valence-electron chi connectivity index (χ0n) is 21.3. The molecule has 3 N–H and O–H groups in total. The van der Waals surface area contributed by atoms with Crippen molar-refractivity contribution in [3.8, 4) is 11.3 Å². The summed E-state index contributed by atoms with van der Waals surface area (Å²) < 4.78 is 7.31. The van der Waals surface area contributed by atoms with Gasteiger partial charge in [0, 0.05) is 30.4 Å². The number of carbonyl (C=O) groups excluding carboxylic acids is 1. The maximum atomic E-state index is 12.9. The molecule has 2 atom stereocenters. The van der Waals surface area contributed by atoms with Crippen LogP contribution in [0.1, 0.15) is 67.4 Å². The third-order valence-corrected chi connectivity index (χ3v) is 6.24. The van der Waals surface area contributed by atoms with Gasteiger partial charge >= 0.3 is 11.8 Å². The predicted molar refractivity (Wildman–Crippen MR) is 136 cm³/mol. The van der Waals surface area contributed by atoms with E-state index in [0.29, 0.717) is 31.1 Å². The van der Waals surface area contributed by atoms with Crippen molar-refractivity contribution in [1.82, 2.24) is 35.3 Å². The number of aryl methyl sites for hydroxylation is 1. The van der Waals surface area contributed by atoms with E-state index >= 15 is 0 Å². The Bertz CT molecular complexity index is 1420. The second-order valence-electron chi connectivity index (χ2n) is 10.3. The number of hydrogen-bond acceptors (Lipinski definition) is 9. The molecule has 1 aliphatic carbocycles. The van der Waals surface area contributed by atoms with Gasteiger partial charge in [0.05, 0.1) is 29.7 Å². The molecule has 1 amide bonds. The van der Waals surface area contributed by atoms with Crippen LogP contribution in [0.5, 0.6) is 0 Å². The molecule has 3 aromatic heterocycles. The highest BCUT2D eigenvalue weighted by Gasteiger charge is 2.28. The van der Waals surface area contributed by atoms with Gasteiger partial charge in [-0.05, 0) is 42.5 Å². The van der Waals surface area contributed by atoms with E-state index in [1.165, 1.54) is 0 Å². The number of aliphatic hydroxyl groups excluding tert-OH is 1. The lowest BCUT2D eigenvalue weighted by atomic mass is 9.95. The molecule has 5 rings (SSSR count). The number of aliphatic hydroxyl groups is 1. The maximum Gasteiger partial charge on any atom is 0.309 e. The van der Waals surface area contributed by atoms with Crippen LogP contribution in [0.25, 0.3) is 11.3 Å². The standard InChI is InChI=1S/C26H30N8O3/c1-26(2,3)24-33-32-23(37-24)22(36)30-21-8-6-18(35)12-16-11-15(5-7-19(16)21)20-9-10-27-25(31-20)29-17-13-28-34(4)14-17/h5,7,9-11,13-14,18,21,35H,6,8,12H2,1-4H3,(H,30,36)(H,27,29,31)/t18?,21-/m0/s1. The first-order valence-corrected chi connectivity index (χ1v) is 12.2. The topological polar surface area (TPSA) is 144 Å². The fourth-order valence-corrected chi connectivity index (χ4v) is 4.33. The van der Waals surface area contributed by atoms with Crippen molar-refractivity contribution in [2.45, 2.75) is 57.6 Å². The molecular formula is C26H30N8O3. The average Bonchev–Trinajstić information content (AvgIpc) is 3.48. The zero-order chi connectivity index (χ0) is 26.2. The predicted octanol–water partition coefficient (Wildman–Crippen LogP) is 3.47. The molecule has 37 heavy (non-hydrogen) atoms. The first-order chi connectivity index (χ1) is 17.7. The summed E-state index contributed by atoms with van der Waals surface area (Å²) in [5, 5.41) is 28.9. The summed E-state index contributed by atoms with van der Waals surface area (Å²) in [6.45, 7) is 5.83. The minimum atomic E-state index is -0.514. The van der Waals surface area contributed by atoms with Gasteiger partial charge < -0.3 is 20.2 Å². The van der Waals surface area contributed by atoms with E-state index < -0.39 is 12.0 Å². The van der Waals surface area contributed by atoms with Crippen LogP contribution in [0.4, 0.5) is 11.6 Å². The molecule has 11 heteroatoms. The van der Waals surface area contributed by atoms with Gasteiger partial charge in [-0.15, -0.1) is 10.2 Å². The lowest BCUT2D eigenvalue weighted by molar-refractivity contribution is 0.0890. The van der Waals surface area contributed by atoms with Crippen LogP contribution in [0.3, 0.4) is 0 Å². The van der Waals surface area contributed by atoms with Crippen LogP contribution >= 0.6 is 0 Å². The van der Waals surface area contributed by atoms with Crippen molar-refractivity contribution in [3.05, 3.63) is 65.8 Å². The molecule has 0 spiro atoms. The molecule has 0 saturated heterocycles. The van der Waals surface area contributed by atoms with Crippen molar-refractivity contribution in [2.75, 3.05) is 5.32 Å². The monoisotopic (exact) mass is 502 g/mol. The quantitative estimate of drug-likeness (QED) is 0.349. The molecule has 0 saturated carbocycles. The molecule has 1 aromatic carbocycles. The summed E-state index contributed by atoms with van der Waals surface area (Å²) in [5.74, 6) is 0.366. The number of amides is 1. The van der Waals surface area contributed by atoms with Crippen LogP contribution in [0.2, 0.25) is 0 Å². The molecule has 1 aliphatic rings. The molecule has 0 fully saturated rings. The van der Waals surface area contributed by atoms with Gasteiger partial charge in [0.25, 0.3) is 0 Å². The highest BCUT2D eigenvalue weighted by atomic mass is 16.4. The van der Waals surface area contributed by atoms with Crippen molar-refractivity contribution in [3.63, 3.8) is 0 Å². The molecule has 1 unspecified atom stereocenters. The van der Waals surface area contributed by atoms with E-state index in [9.17, 15) is 9.90 Å². The summed E-state index contributed by atoms with van der Waals surface area (Å²) in [6.07, 6.45) is 6.35. The average molecular weight is 503 g/mol.